The first kappa shape index (κ1) is 11.2. The minimum absolute atomic E-state index is 0.0834. The van der Waals surface area contributed by atoms with Gasteiger partial charge in [0.2, 0.25) is 0 Å². The second-order valence-corrected chi connectivity index (χ2v) is 5.90. The first-order valence-corrected chi connectivity index (χ1v) is 6.77. The summed E-state index contributed by atoms with van der Waals surface area (Å²) in [6.07, 6.45) is 4.03. The van der Waals surface area contributed by atoms with Crippen LogP contribution in [0.1, 0.15) is 46.9 Å². The van der Waals surface area contributed by atoms with Crippen molar-refractivity contribution >= 4 is 17.3 Å². The van der Waals surface area contributed by atoms with E-state index in [1.807, 2.05) is 0 Å². The lowest BCUT2D eigenvalue weighted by molar-refractivity contribution is -0.138. The van der Waals surface area contributed by atoms with Crippen LogP contribution in [0.4, 0.5) is 0 Å². The number of aliphatic carboxylic acids is 1. The molecule has 2 unspecified atom stereocenters. The SMILES string of the molecule is COC(c1nc2c(s1)CCC2C(=O)O)C1CC1. The van der Waals surface area contributed by atoms with Crippen LogP contribution in [0.2, 0.25) is 0 Å². The Balaban J connectivity index is 1.89. The number of carboxylic acid groups (broad SMARTS) is 1. The maximum absolute atomic E-state index is 11.1. The molecule has 0 radical (unpaired) electrons. The van der Waals surface area contributed by atoms with E-state index >= 15 is 0 Å². The number of aryl methyl sites for hydroxylation is 1. The number of methoxy groups -OCH3 is 1. The van der Waals surface area contributed by atoms with Crippen molar-refractivity contribution in [2.75, 3.05) is 7.11 Å². The molecule has 2 atom stereocenters. The molecule has 0 aliphatic heterocycles. The Bertz CT molecular complexity index is 453. The number of nitrogens with zero attached hydrogens (tertiary/aromatic N) is 1. The number of rotatable bonds is 4. The van der Waals surface area contributed by atoms with Gasteiger partial charge in [-0.2, -0.15) is 0 Å². The van der Waals surface area contributed by atoms with E-state index in [-0.39, 0.29) is 6.10 Å². The van der Waals surface area contributed by atoms with Crippen LogP contribution < -0.4 is 0 Å². The molecular formula is C12H15NO3S. The summed E-state index contributed by atoms with van der Waals surface area (Å²) in [7, 11) is 1.71. The van der Waals surface area contributed by atoms with Gasteiger partial charge in [-0.1, -0.05) is 0 Å². The van der Waals surface area contributed by atoms with E-state index < -0.39 is 11.9 Å². The number of fused-ring (bicyclic) bond motifs is 1. The molecule has 0 amide bonds. The van der Waals surface area contributed by atoms with Gasteiger partial charge in [-0.25, -0.2) is 4.98 Å². The molecule has 4 nitrogen and oxygen atoms in total. The van der Waals surface area contributed by atoms with Crippen LogP contribution in [0.25, 0.3) is 0 Å². The van der Waals surface area contributed by atoms with Crippen LogP contribution >= 0.6 is 11.3 Å². The van der Waals surface area contributed by atoms with E-state index in [2.05, 4.69) is 4.98 Å². The summed E-state index contributed by atoms with van der Waals surface area (Å²) in [5.74, 6) is -0.553. The number of ether oxygens (including phenoxy) is 1. The molecule has 0 saturated heterocycles. The molecule has 1 aromatic rings. The van der Waals surface area contributed by atoms with Crippen LogP contribution in [0.5, 0.6) is 0 Å². The van der Waals surface area contributed by atoms with Crippen LogP contribution in [-0.4, -0.2) is 23.2 Å². The Morgan fingerprint density at radius 2 is 2.29 bits per heavy atom. The number of hydrogen-bond acceptors (Lipinski definition) is 4. The van der Waals surface area contributed by atoms with Crippen molar-refractivity contribution in [3.8, 4) is 0 Å². The second-order valence-electron chi connectivity index (χ2n) is 4.78. The van der Waals surface area contributed by atoms with E-state index in [0.29, 0.717) is 12.3 Å². The van der Waals surface area contributed by atoms with Gasteiger partial charge in [0.1, 0.15) is 17.0 Å². The van der Waals surface area contributed by atoms with Gasteiger partial charge in [0.05, 0.1) is 5.69 Å². The van der Waals surface area contributed by atoms with E-state index in [0.717, 1.165) is 22.0 Å². The zero-order chi connectivity index (χ0) is 12.0. The van der Waals surface area contributed by atoms with Crippen LogP contribution in [0, 0.1) is 5.92 Å². The van der Waals surface area contributed by atoms with E-state index in [1.54, 1.807) is 18.4 Å². The largest absolute Gasteiger partial charge is 0.481 e. The maximum atomic E-state index is 11.1. The summed E-state index contributed by atoms with van der Waals surface area (Å²) in [5.41, 5.74) is 0.792. The topological polar surface area (TPSA) is 59.4 Å². The lowest BCUT2D eigenvalue weighted by Gasteiger charge is -2.11. The minimum atomic E-state index is -0.749. The van der Waals surface area contributed by atoms with Gasteiger partial charge in [-0.05, 0) is 31.6 Å². The number of carbonyl (C=O) groups is 1. The first-order chi connectivity index (χ1) is 8.20. The van der Waals surface area contributed by atoms with Gasteiger partial charge >= 0.3 is 5.97 Å². The fourth-order valence-corrected chi connectivity index (χ4v) is 3.82. The fraction of sp³-hybridized carbons (Fsp3) is 0.667. The van der Waals surface area contributed by atoms with Crippen LogP contribution in [-0.2, 0) is 16.0 Å². The molecule has 0 bridgehead atoms. The van der Waals surface area contributed by atoms with Crippen molar-refractivity contribution in [3.63, 3.8) is 0 Å². The molecule has 0 aromatic carbocycles. The van der Waals surface area contributed by atoms with Gasteiger partial charge < -0.3 is 9.84 Å². The normalized spacial score (nSPS) is 24.6. The van der Waals surface area contributed by atoms with E-state index in [9.17, 15) is 4.79 Å². The quantitative estimate of drug-likeness (QED) is 0.894. The molecule has 2 aliphatic carbocycles. The van der Waals surface area contributed by atoms with Gasteiger partial charge in [0.15, 0.2) is 0 Å². The van der Waals surface area contributed by atoms with Crippen molar-refractivity contribution in [1.29, 1.82) is 0 Å². The third kappa shape index (κ3) is 1.87. The molecule has 1 N–H and O–H groups in total. The summed E-state index contributed by atoms with van der Waals surface area (Å²) in [4.78, 5) is 16.8. The number of hydrogen-bond donors (Lipinski definition) is 1. The molecule has 1 fully saturated rings. The standard InChI is InChI=1S/C12H15NO3S/c1-16-10(6-2-3-6)11-13-9-7(12(14)15)4-5-8(9)17-11/h6-7,10H,2-5H2,1H3,(H,14,15). The summed E-state index contributed by atoms with van der Waals surface area (Å²) >= 11 is 1.64. The summed E-state index contributed by atoms with van der Waals surface area (Å²) in [6, 6.07) is 0. The third-order valence-electron chi connectivity index (χ3n) is 3.58. The van der Waals surface area contributed by atoms with Crippen LogP contribution in [0.15, 0.2) is 0 Å². The molecule has 1 heterocycles. The molecule has 92 valence electrons. The summed E-state index contributed by atoms with van der Waals surface area (Å²) < 4.78 is 5.49. The zero-order valence-electron chi connectivity index (χ0n) is 9.68. The average Bonchev–Trinajstić information content (AvgIpc) is 2.88. The number of thiazole rings is 1. The number of carboxylic acids is 1. The highest BCUT2D eigenvalue weighted by molar-refractivity contribution is 7.11. The third-order valence-corrected chi connectivity index (χ3v) is 4.77. The second kappa shape index (κ2) is 4.07. The van der Waals surface area contributed by atoms with E-state index in [4.69, 9.17) is 9.84 Å². The van der Waals surface area contributed by atoms with Gasteiger partial charge in [0.25, 0.3) is 0 Å². The summed E-state index contributed by atoms with van der Waals surface area (Å²) in [5, 5.41) is 10.1. The zero-order valence-corrected chi connectivity index (χ0v) is 10.5. The van der Waals surface area contributed by atoms with Crippen molar-refractivity contribution < 1.29 is 14.6 Å². The predicted molar refractivity (Wildman–Crippen MR) is 63.3 cm³/mol. The molecule has 17 heavy (non-hydrogen) atoms. The Morgan fingerprint density at radius 3 is 2.88 bits per heavy atom. The van der Waals surface area contributed by atoms with E-state index in [1.165, 1.54) is 12.8 Å². The fourth-order valence-electron chi connectivity index (χ4n) is 2.50. The Labute approximate surface area is 104 Å². The Hall–Kier alpha value is -0.940. The highest BCUT2D eigenvalue weighted by Gasteiger charge is 2.38. The highest BCUT2D eigenvalue weighted by atomic mass is 32.1. The Morgan fingerprint density at radius 1 is 1.53 bits per heavy atom. The minimum Gasteiger partial charge on any atom is -0.481 e. The molecule has 3 rings (SSSR count). The van der Waals surface area contributed by atoms with Crippen molar-refractivity contribution in [3.05, 3.63) is 15.6 Å². The van der Waals surface area contributed by atoms with Gasteiger partial charge in [-0.3, -0.25) is 4.79 Å². The molecular weight excluding hydrogens is 238 g/mol. The molecule has 2 aliphatic rings. The maximum Gasteiger partial charge on any atom is 0.312 e. The molecule has 0 spiro atoms. The average molecular weight is 253 g/mol. The predicted octanol–water partition coefficient (Wildman–Crippen LogP) is 2.36. The van der Waals surface area contributed by atoms with Crippen molar-refractivity contribution in [2.45, 2.75) is 37.7 Å². The smallest absolute Gasteiger partial charge is 0.312 e. The lowest BCUT2D eigenvalue weighted by Crippen LogP contribution is -2.10. The van der Waals surface area contributed by atoms with Crippen molar-refractivity contribution in [1.82, 2.24) is 4.98 Å². The molecule has 1 aromatic heterocycles. The van der Waals surface area contributed by atoms with Gasteiger partial charge in [0, 0.05) is 12.0 Å². The summed E-state index contributed by atoms with van der Waals surface area (Å²) in [6.45, 7) is 0. The van der Waals surface area contributed by atoms with Gasteiger partial charge in [-0.15, -0.1) is 11.3 Å². The number of aromatic nitrogens is 1. The first-order valence-electron chi connectivity index (χ1n) is 5.95. The molecule has 5 heteroatoms. The monoisotopic (exact) mass is 253 g/mol. The Kier molecular flexibility index (Phi) is 2.67. The van der Waals surface area contributed by atoms with Crippen LogP contribution in [0.3, 0.4) is 0 Å². The van der Waals surface area contributed by atoms with Crippen molar-refractivity contribution in [2.24, 2.45) is 5.92 Å². The highest BCUT2D eigenvalue weighted by Crippen LogP contribution is 2.46. The lowest BCUT2D eigenvalue weighted by atomic mass is 10.1. The molecule has 1 saturated carbocycles.